The molecule has 0 spiro atoms. The fourth-order valence-electron chi connectivity index (χ4n) is 1.05. The molecule has 0 aromatic heterocycles. The summed E-state index contributed by atoms with van der Waals surface area (Å²) in [4.78, 5) is 11.4. The third kappa shape index (κ3) is 2.20. The minimum absolute atomic E-state index is 0.358. The van der Waals surface area contributed by atoms with E-state index in [4.69, 9.17) is 17.4 Å². The van der Waals surface area contributed by atoms with Crippen molar-refractivity contribution in [3.05, 3.63) is 34.9 Å². The van der Waals surface area contributed by atoms with Crippen LogP contribution < -0.4 is 11.3 Å². The fourth-order valence-corrected chi connectivity index (χ4v) is 1.39. The largest absolute Gasteiger partial charge is 0.293 e. The molecule has 1 amide bonds. The fraction of sp³-hybridized carbons (Fsp3) is 0.222. The van der Waals surface area contributed by atoms with Gasteiger partial charge in [-0.05, 0) is 24.6 Å². The molecule has 0 saturated heterocycles. The van der Waals surface area contributed by atoms with Gasteiger partial charge in [0.25, 0.3) is 5.91 Å². The Bertz CT molecular complexity index is 337. The average Bonchev–Trinajstić information content (AvgIpc) is 2.17. The van der Waals surface area contributed by atoms with E-state index in [2.05, 4.69) is 18.1 Å². The number of benzene rings is 1. The van der Waals surface area contributed by atoms with E-state index in [9.17, 15) is 4.79 Å². The van der Waals surface area contributed by atoms with Crippen LogP contribution in [0.15, 0.2) is 24.3 Å². The van der Waals surface area contributed by atoms with Crippen LogP contribution in [0.2, 0.25) is 5.02 Å². The Morgan fingerprint density at radius 1 is 1.50 bits per heavy atom. The molecule has 5 heteroatoms. The molecule has 0 aliphatic rings. The highest BCUT2D eigenvalue weighted by Gasteiger charge is 2.30. The van der Waals surface area contributed by atoms with Gasteiger partial charge in [0.15, 0.2) is 0 Å². The first kappa shape index (κ1) is 11.4. The number of hydrogen-bond acceptors (Lipinski definition) is 3. The minimum atomic E-state index is -0.945. The van der Waals surface area contributed by atoms with Crippen molar-refractivity contribution < 1.29 is 4.79 Å². The van der Waals surface area contributed by atoms with Gasteiger partial charge < -0.3 is 0 Å². The van der Waals surface area contributed by atoms with E-state index in [-0.39, 0.29) is 5.91 Å². The van der Waals surface area contributed by atoms with Crippen molar-refractivity contribution in [1.82, 2.24) is 5.43 Å². The van der Waals surface area contributed by atoms with Crippen LogP contribution in [0, 0.1) is 0 Å². The summed E-state index contributed by atoms with van der Waals surface area (Å²) in [5.41, 5.74) is 2.81. The molecule has 0 heterocycles. The van der Waals surface area contributed by atoms with Crippen LogP contribution in [-0.2, 0) is 9.54 Å². The molecule has 14 heavy (non-hydrogen) atoms. The van der Waals surface area contributed by atoms with E-state index in [1.165, 1.54) is 0 Å². The highest BCUT2D eigenvalue weighted by Crippen LogP contribution is 2.28. The predicted molar refractivity (Wildman–Crippen MR) is 60.1 cm³/mol. The highest BCUT2D eigenvalue weighted by molar-refractivity contribution is 7.82. The lowest BCUT2D eigenvalue weighted by molar-refractivity contribution is -0.123. The molecule has 0 radical (unpaired) electrons. The first-order valence-electron chi connectivity index (χ1n) is 3.98. The Balaban J connectivity index is 3.03. The van der Waals surface area contributed by atoms with Gasteiger partial charge >= 0.3 is 0 Å². The molecule has 0 fully saturated rings. The van der Waals surface area contributed by atoms with Crippen molar-refractivity contribution in [2.45, 2.75) is 11.7 Å². The van der Waals surface area contributed by atoms with Gasteiger partial charge in [-0.3, -0.25) is 10.2 Å². The SMILES string of the molecule is CC(S)(C(=O)NN)c1ccc(Cl)cc1. The Morgan fingerprint density at radius 2 is 2.00 bits per heavy atom. The number of thiol groups is 1. The van der Waals surface area contributed by atoms with Crippen LogP contribution in [0.5, 0.6) is 0 Å². The maximum Gasteiger partial charge on any atom is 0.254 e. The molecule has 1 aromatic carbocycles. The second-order valence-corrected chi connectivity index (χ2v) is 4.38. The Morgan fingerprint density at radius 3 is 2.43 bits per heavy atom. The van der Waals surface area contributed by atoms with E-state index >= 15 is 0 Å². The highest BCUT2D eigenvalue weighted by atomic mass is 35.5. The summed E-state index contributed by atoms with van der Waals surface area (Å²) in [5.74, 6) is 4.69. The molecular formula is C9H11ClN2OS. The normalized spacial score (nSPS) is 14.6. The first-order chi connectivity index (χ1) is 6.48. The van der Waals surface area contributed by atoms with Crippen molar-refractivity contribution >= 4 is 30.1 Å². The van der Waals surface area contributed by atoms with Crippen LogP contribution in [-0.4, -0.2) is 5.91 Å². The Kier molecular flexibility index (Phi) is 3.42. The monoisotopic (exact) mass is 230 g/mol. The van der Waals surface area contributed by atoms with Crippen LogP contribution in [0.3, 0.4) is 0 Å². The van der Waals surface area contributed by atoms with E-state index in [1.807, 2.05) is 0 Å². The van der Waals surface area contributed by atoms with Crippen molar-refractivity contribution in [1.29, 1.82) is 0 Å². The summed E-state index contributed by atoms with van der Waals surface area (Å²) in [6.45, 7) is 1.67. The lowest BCUT2D eigenvalue weighted by Crippen LogP contribution is -2.42. The summed E-state index contributed by atoms with van der Waals surface area (Å²) < 4.78 is -0.945. The number of carbonyl (C=O) groups excluding carboxylic acids is 1. The zero-order valence-electron chi connectivity index (χ0n) is 7.62. The topological polar surface area (TPSA) is 55.1 Å². The summed E-state index contributed by atoms with van der Waals surface area (Å²) >= 11 is 9.98. The van der Waals surface area contributed by atoms with E-state index in [0.29, 0.717) is 5.02 Å². The summed E-state index contributed by atoms with van der Waals surface area (Å²) in [7, 11) is 0. The number of halogens is 1. The summed E-state index contributed by atoms with van der Waals surface area (Å²) in [6, 6.07) is 6.89. The van der Waals surface area contributed by atoms with E-state index in [1.54, 1.807) is 31.2 Å². The lowest BCUT2D eigenvalue weighted by Gasteiger charge is -2.21. The van der Waals surface area contributed by atoms with Gasteiger partial charge in [-0.1, -0.05) is 23.7 Å². The van der Waals surface area contributed by atoms with Gasteiger partial charge in [0.05, 0.1) is 0 Å². The lowest BCUT2D eigenvalue weighted by atomic mass is 10.00. The molecule has 0 aliphatic carbocycles. The average molecular weight is 231 g/mol. The number of rotatable bonds is 2. The third-order valence-corrected chi connectivity index (χ3v) is 2.69. The molecular weight excluding hydrogens is 220 g/mol. The van der Waals surface area contributed by atoms with Gasteiger partial charge in [0.1, 0.15) is 4.75 Å². The quantitative estimate of drug-likeness (QED) is 0.312. The standard InChI is InChI=1S/C9H11ClN2OS/c1-9(14,8(13)12-11)6-2-4-7(10)5-3-6/h2-5,14H,11H2,1H3,(H,12,13). The Hall–Kier alpha value is -0.710. The maximum atomic E-state index is 11.4. The van der Waals surface area contributed by atoms with Crippen LogP contribution >= 0.6 is 24.2 Å². The number of nitrogens with two attached hydrogens (primary N) is 1. The molecule has 0 bridgehead atoms. The number of carbonyl (C=O) groups is 1. The zero-order valence-corrected chi connectivity index (χ0v) is 9.27. The van der Waals surface area contributed by atoms with Gasteiger partial charge in [0.2, 0.25) is 0 Å². The summed E-state index contributed by atoms with van der Waals surface area (Å²) in [6.07, 6.45) is 0. The number of nitrogens with one attached hydrogen (secondary N) is 1. The molecule has 0 aliphatic heterocycles. The number of hydrazine groups is 1. The molecule has 1 atom stereocenters. The second kappa shape index (κ2) is 4.21. The number of amides is 1. The molecule has 1 unspecified atom stereocenters. The third-order valence-electron chi connectivity index (χ3n) is 1.98. The van der Waals surface area contributed by atoms with Crippen LogP contribution in [0.25, 0.3) is 0 Å². The molecule has 3 nitrogen and oxygen atoms in total. The van der Waals surface area contributed by atoms with Crippen molar-refractivity contribution in [3.63, 3.8) is 0 Å². The second-order valence-electron chi connectivity index (χ2n) is 3.05. The molecule has 3 N–H and O–H groups in total. The molecule has 1 aromatic rings. The van der Waals surface area contributed by atoms with Gasteiger partial charge in [-0.2, -0.15) is 12.6 Å². The Labute approximate surface area is 93.0 Å². The molecule has 1 rings (SSSR count). The smallest absolute Gasteiger partial charge is 0.254 e. The van der Waals surface area contributed by atoms with Gasteiger partial charge in [-0.25, -0.2) is 5.84 Å². The van der Waals surface area contributed by atoms with Crippen molar-refractivity contribution in [2.75, 3.05) is 0 Å². The van der Waals surface area contributed by atoms with Crippen LogP contribution in [0.1, 0.15) is 12.5 Å². The number of hydrogen-bond donors (Lipinski definition) is 3. The van der Waals surface area contributed by atoms with Crippen molar-refractivity contribution in [3.8, 4) is 0 Å². The zero-order chi connectivity index (χ0) is 10.8. The van der Waals surface area contributed by atoms with Gasteiger partial charge in [-0.15, -0.1) is 0 Å². The first-order valence-corrected chi connectivity index (χ1v) is 4.80. The van der Waals surface area contributed by atoms with Crippen molar-refractivity contribution in [2.24, 2.45) is 5.84 Å². The minimum Gasteiger partial charge on any atom is -0.293 e. The molecule has 76 valence electrons. The molecule has 0 saturated carbocycles. The predicted octanol–water partition coefficient (Wildman–Crippen LogP) is 1.47. The van der Waals surface area contributed by atoms with E-state index < -0.39 is 4.75 Å². The maximum absolute atomic E-state index is 11.4. The van der Waals surface area contributed by atoms with E-state index in [0.717, 1.165) is 5.56 Å². The summed E-state index contributed by atoms with van der Waals surface area (Å²) in [5, 5.41) is 0.617. The van der Waals surface area contributed by atoms with Crippen LogP contribution in [0.4, 0.5) is 0 Å². The van der Waals surface area contributed by atoms with Gasteiger partial charge in [0, 0.05) is 5.02 Å².